The van der Waals surface area contributed by atoms with Crippen molar-refractivity contribution in [1.29, 1.82) is 5.26 Å². The van der Waals surface area contributed by atoms with Gasteiger partial charge in [-0.05, 0) is 106 Å². The van der Waals surface area contributed by atoms with E-state index in [0.717, 1.165) is 36.3 Å². The lowest BCUT2D eigenvalue weighted by Gasteiger charge is -2.32. The molecular formula is C50H62N12O9. The summed E-state index contributed by atoms with van der Waals surface area (Å²) in [7, 11) is 1.33. The molecule has 21 heteroatoms. The quantitative estimate of drug-likeness (QED) is 0.0702. The molecule has 4 aromatic rings. The zero-order valence-electron chi connectivity index (χ0n) is 40.3. The molecule has 1 aromatic heterocycles. The number of nitrogens with zero attached hydrogens (tertiary/aromatic N) is 4. The number of primary amides is 1. The summed E-state index contributed by atoms with van der Waals surface area (Å²) in [6, 6.07) is 12.7. The Morgan fingerprint density at radius 3 is 2.11 bits per heavy atom. The Morgan fingerprint density at radius 2 is 1.49 bits per heavy atom. The molecule has 2 aliphatic rings. The van der Waals surface area contributed by atoms with E-state index >= 15 is 0 Å². The number of rotatable bonds is 17. The molecule has 0 saturated heterocycles. The lowest BCUT2D eigenvalue weighted by atomic mass is 9.93. The number of ether oxygens (including phenoxy) is 3. The second-order valence-corrected chi connectivity index (χ2v) is 17.4. The van der Waals surface area contributed by atoms with Crippen molar-refractivity contribution in [2.24, 2.45) is 17.2 Å². The summed E-state index contributed by atoms with van der Waals surface area (Å²) < 4.78 is 18.4. The van der Waals surface area contributed by atoms with Crippen molar-refractivity contribution >= 4 is 35.6 Å². The molecule has 1 aliphatic heterocycles. The number of nitriles is 1. The highest BCUT2D eigenvalue weighted by Crippen LogP contribution is 2.40. The monoisotopic (exact) mass is 974 g/mol. The van der Waals surface area contributed by atoms with Gasteiger partial charge >= 0.3 is 6.03 Å². The number of hydrogen-bond donors (Lipinski definition) is 8. The Hall–Kier alpha value is -7.83. The predicted octanol–water partition coefficient (Wildman–Crippen LogP) is 1.97. The zero-order chi connectivity index (χ0) is 51.2. The van der Waals surface area contributed by atoms with E-state index in [-0.39, 0.29) is 56.5 Å². The summed E-state index contributed by atoms with van der Waals surface area (Å²) in [5.41, 5.74) is 20.2. The van der Waals surface area contributed by atoms with E-state index in [1.165, 1.54) is 20.4 Å². The number of amides is 7. The summed E-state index contributed by atoms with van der Waals surface area (Å²) >= 11 is 0. The maximum Gasteiger partial charge on any atom is 0.312 e. The van der Waals surface area contributed by atoms with Crippen molar-refractivity contribution < 1.29 is 43.0 Å². The SMILES string of the molecule is Cc1nc(-c2ccc(OC3CCCCC3)cc2)nc(C)c1C(=O)NC(CNC(N)=O)C(=O)N(C)[C@@H]1C(=O)N[C@@H](C)C(=O)N[C@H](C(=O)NCC#N)Cc2ccc(OCCN)c(c2)-c2cc1ccc2OCCN. The third kappa shape index (κ3) is 13.5. The van der Waals surface area contributed by atoms with Crippen molar-refractivity contribution in [2.75, 3.05) is 46.4 Å². The van der Waals surface area contributed by atoms with E-state index in [2.05, 4.69) is 36.6 Å². The molecule has 71 heavy (non-hydrogen) atoms. The van der Waals surface area contributed by atoms with Crippen LogP contribution in [0.25, 0.3) is 22.5 Å². The number of likely N-dealkylation sites (N-methyl/N-ethyl adjacent to an activating group) is 1. The van der Waals surface area contributed by atoms with E-state index in [0.29, 0.717) is 51.0 Å². The van der Waals surface area contributed by atoms with Crippen LogP contribution in [0.15, 0.2) is 60.7 Å². The highest BCUT2D eigenvalue weighted by atomic mass is 16.5. The average molecular weight is 975 g/mol. The molecule has 11 N–H and O–H groups in total. The van der Waals surface area contributed by atoms with E-state index in [1.807, 2.05) is 30.3 Å². The first-order valence-electron chi connectivity index (χ1n) is 23.5. The Balaban J connectivity index is 1.37. The van der Waals surface area contributed by atoms with Crippen molar-refractivity contribution in [3.05, 3.63) is 88.7 Å². The van der Waals surface area contributed by atoms with Crippen LogP contribution in [-0.4, -0.2) is 121 Å². The average Bonchev–Trinajstić information content (AvgIpc) is 3.35. The molecule has 21 nitrogen and oxygen atoms in total. The van der Waals surface area contributed by atoms with Crippen LogP contribution in [0.4, 0.5) is 4.79 Å². The number of hydrogen-bond acceptors (Lipinski definition) is 14. The number of urea groups is 1. The Kier molecular flexibility index (Phi) is 18.2. The lowest BCUT2D eigenvalue weighted by Crippen LogP contribution is -2.57. The van der Waals surface area contributed by atoms with E-state index in [9.17, 15) is 34.0 Å². The first kappa shape index (κ1) is 52.5. The minimum absolute atomic E-state index is 0.0297. The van der Waals surface area contributed by atoms with Gasteiger partial charge in [-0.3, -0.25) is 24.0 Å². The fourth-order valence-corrected chi connectivity index (χ4v) is 8.57. The molecule has 6 rings (SSSR count). The Morgan fingerprint density at radius 1 is 0.859 bits per heavy atom. The fourth-order valence-electron chi connectivity index (χ4n) is 8.57. The van der Waals surface area contributed by atoms with Crippen molar-refractivity contribution in [2.45, 2.75) is 89.6 Å². The van der Waals surface area contributed by atoms with Crippen LogP contribution < -0.4 is 58.0 Å². The molecule has 2 heterocycles. The topological polar surface area (TPSA) is 321 Å². The van der Waals surface area contributed by atoms with Crippen LogP contribution in [-0.2, 0) is 25.6 Å². The summed E-state index contributed by atoms with van der Waals surface area (Å²) in [5.74, 6) is -2.02. The largest absolute Gasteiger partial charge is 0.492 e. The van der Waals surface area contributed by atoms with Crippen molar-refractivity contribution in [3.63, 3.8) is 0 Å². The molecule has 3 aromatic carbocycles. The van der Waals surface area contributed by atoms with Gasteiger partial charge in [0.05, 0.1) is 29.1 Å². The molecule has 1 saturated carbocycles. The molecular weight excluding hydrogens is 913 g/mol. The van der Waals surface area contributed by atoms with Gasteiger partial charge in [0.2, 0.25) is 23.6 Å². The summed E-state index contributed by atoms with van der Waals surface area (Å²) in [6.45, 7) is 4.39. The zero-order valence-corrected chi connectivity index (χ0v) is 40.3. The van der Waals surface area contributed by atoms with E-state index in [4.69, 9.17) is 31.4 Å². The summed E-state index contributed by atoms with van der Waals surface area (Å²) in [5, 5.41) is 22.1. The minimum Gasteiger partial charge on any atom is -0.492 e. The molecule has 7 amide bonds. The molecule has 4 atom stereocenters. The molecule has 0 radical (unpaired) electrons. The van der Waals surface area contributed by atoms with Crippen LogP contribution in [0.3, 0.4) is 0 Å². The van der Waals surface area contributed by atoms with Gasteiger partial charge in [0, 0.05) is 49.8 Å². The maximum absolute atomic E-state index is 14.9. The van der Waals surface area contributed by atoms with Gasteiger partial charge < -0.3 is 62.9 Å². The standard InChI is InChI=1S/C50H62N12O9/c1-28-42(29(2)58-44(57-28)32-11-14-35(15-12-32)71-34-8-6-5-7-9-34)47(65)61-39(27-56-50(54)68)49(67)62(4)43-33-13-17-41(70-23-20-53)37(26-33)36-24-31(10-16-40(36)69-22-19-52)25-38(46(64)55-21-18-51)60-45(63)30(3)59-48(43)66/h10-17,24,26,30,34,38-39,43H,5-9,19-23,25,27,52-53H2,1-4H3,(H,55,64)(H,59,66)(H,60,63)(H,61,65)(H3,54,56,68)/t30-,38-,39?,43-/m0/s1. The molecule has 0 spiro atoms. The van der Waals surface area contributed by atoms with Crippen LogP contribution in [0.5, 0.6) is 17.2 Å². The number of benzene rings is 3. The smallest absolute Gasteiger partial charge is 0.312 e. The van der Waals surface area contributed by atoms with Crippen LogP contribution in [0.1, 0.15) is 77.9 Å². The third-order valence-electron chi connectivity index (χ3n) is 12.1. The number of fused-ring (bicyclic) bond motifs is 5. The van der Waals surface area contributed by atoms with Gasteiger partial charge in [-0.25, -0.2) is 14.8 Å². The number of carbonyl (C=O) groups excluding carboxylic acids is 6. The number of aromatic nitrogens is 2. The number of aryl methyl sites for hydroxylation is 2. The van der Waals surface area contributed by atoms with Crippen molar-refractivity contribution in [1.82, 2.24) is 41.5 Å². The fraction of sp³-hybridized carbons (Fsp3) is 0.420. The van der Waals surface area contributed by atoms with Gasteiger partial charge in [0.1, 0.15) is 61.2 Å². The maximum atomic E-state index is 14.9. The van der Waals surface area contributed by atoms with Gasteiger partial charge in [0.25, 0.3) is 5.91 Å². The molecule has 1 unspecified atom stereocenters. The van der Waals surface area contributed by atoms with Crippen LogP contribution >= 0.6 is 0 Å². The second-order valence-electron chi connectivity index (χ2n) is 17.4. The van der Waals surface area contributed by atoms with Crippen molar-refractivity contribution in [3.8, 4) is 45.8 Å². The summed E-state index contributed by atoms with van der Waals surface area (Å²) in [4.78, 5) is 93.4. The minimum atomic E-state index is -1.52. The van der Waals surface area contributed by atoms with Crippen LogP contribution in [0, 0.1) is 25.2 Å². The van der Waals surface area contributed by atoms with Gasteiger partial charge in [-0.15, -0.1) is 0 Å². The first-order chi connectivity index (χ1) is 34.1. The third-order valence-corrected chi connectivity index (χ3v) is 12.1. The highest BCUT2D eigenvalue weighted by Gasteiger charge is 2.37. The second kappa shape index (κ2) is 24.6. The predicted molar refractivity (Wildman–Crippen MR) is 262 cm³/mol. The Labute approximate surface area is 411 Å². The van der Waals surface area contributed by atoms with Gasteiger partial charge in [0.15, 0.2) is 5.82 Å². The number of carbonyl (C=O) groups is 6. The first-order valence-corrected chi connectivity index (χ1v) is 23.5. The Bertz CT molecular complexity index is 2610. The highest BCUT2D eigenvalue weighted by molar-refractivity contribution is 6.01. The van der Waals surface area contributed by atoms with E-state index < -0.39 is 66.3 Å². The number of nitrogens with two attached hydrogens (primary N) is 3. The normalized spacial score (nSPS) is 17.5. The summed E-state index contributed by atoms with van der Waals surface area (Å²) in [6.07, 6.45) is 5.68. The lowest BCUT2D eigenvalue weighted by molar-refractivity contribution is -0.141. The molecule has 376 valence electrons. The molecule has 1 fully saturated rings. The number of nitrogens with one attached hydrogen (secondary N) is 5. The van der Waals surface area contributed by atoms with E-state index in [1.54, 1.807) is 50.2 Å². The van der Waals surface area contributed by atoms with Crippen LogP contribution in [0.2, 0.25) is 0 Å². The van der Waals surface area contributed by atoms with Gasteiger partial charge in [-0.1, -0.05) is 18.6 Å². The van der Waals surface area contributed by atoms with Gasteiger partial charge in [-0.2, -0.15) is 5.26 Å². The molecule has 1 aliphatic carbocycles. The molecule has 4 bridgehead atoms.